The van der Waals surface area contributed by atoms with Crippen molar-refractivity contribution in [3.63, 3.8) is 0 Å². The van der Waals surface area contributed by atoms with Gasteiger partial charge in [-0.05, 0) is 49.6 Å². The summed E-state index contributed by atoms with van der Waals surface area (Å²) in [5.41, 5.74) is 1.24. The van der Waals surface area contributed by atoms with Crippen molar-refractivity contribution in [3.8, 4) is 0 Å². The van der Waals surface area contributed by atoms with E-state index >= 15 is 0 Å². The van der Waals surface area contributed by atoms with E-state index in [1.807, 2.05) is 19.1 Å². The second-order valence-corrected chi connectivity index (χ2v) is 8.29. The number of nitrogens with one attached hydrogen (secondary N) is 1. The third-order valence-corrected chi connectivity index (χ3v) is 5.41. The van der Waals surface area contributed by atoms with Crippen molar-refractivity contribution < 1.29 is 9.59 Å². The highest BCUT2D eigenvalue weighted by Crippen LogP contribution is 2.22. The van der Waals surface area contributed by atoms with Crippen LogP contribution in [0.15, 0.2) is 40.9 Å². The zero-order valence-corrected chi connectivity index (χ0v) is 16.5. The molecule has 1 atom stereocenters. The van der Waals surface area contributed by atoms with E-state index in [1.54, 1.807) is 12.1 Å². The normalized spacial score (nSPS) is 12.0. The first-order valence-electron chi connectivity index (χ1n) is 7.76. The van der Waals surface area contributed by atoms with Gasteiger partial charge in [0.2, 0.25) is 5.91 Å². The van der Waals surface area contributed by atoms with Gasteiger partial charge in [0.1, 0.15) is 0 Å². The van der Waals surface area contributed by atoms with E-state index in [4.69, 9.17) is 11.6 Å². The van der Waals surface area contributed by atoms with E-state index < -0.39 is 0 Å². The minimum Gasteiger partial charge on any atom is -0.354 e. The summed E-state index contributed by atoms with van der Waals surface area (Å²) in [4.78, 5) is 24.5. The molecule has 1 heterocycles. The number of ketones is 1. The van der Waals surface area contributed by atoms with Crippen LogP contribution in [0.5, 0.6) is 0 Å². The Balaban J connectivity index is 1.69. The predicted molar refractivity (Wildman–Crippen MR) is 103 cm³/mol. The zero-order valence-electron chi connectivity index (χ0n) is 13.4. The zero-order chi connectivity index (χ0) is 17.5. The quantitative estimate of drug-likeness (QED) is 0.583. The Morgan fingerprint density at radius 1 is 1.17 bits per heavy atom. The molecule has 1 amide bonds. The van der Waals surface area contributed by atoms with Crippen LogP contribution in [0.1, 0.15) is 41.4 Å². The van der Waals surface area contributed by atoms with Crippen molar-refractivity contribution in [2.75, 3.05) is 0 Å². The fraction of sp³-hybridized carbons (Fsp3) is 0.333. The van der Waals surface area contributed by atoms with E-state index in [9.17, 15) is 9.59 Å². The number of Topliss-reactive ketones (excluding diaryl/α,β-unsaturated/α-hetero) is 1. The maximum atomic E-state index is 12.0. The van der Waals surface area contributed by atoms with Crippen molar-refractivity contribution in [1.29, 1.82) is 0 Å². The number of rotatable bonds is 8. The summed E-state index contributed by atoms with van der Waals surface area (Å²) < 4.78 is 1.65. The van der Waals surface area contributed by atoms with E-state index in [2.05, 4.69) is 33.4 Å². The average molecular weight is 429 g/mol. The number of halogens is 2. The van der Waals surface area contributed by atoms with Gasteiger partial charge in [0.15, 0.2) is 5.78 Å². The molecule has 6 heteroatoms. The molecular formula is C18H19BrClNO2S. The molecule has 0 saturated heterocycles. The molecule has 0 aliphatic rings. The lowest BCUT2D eigenvalue weighted by Gasteiger charge is -2.13. The van der Waals surface area contributed by atoms with Crippen LogP contribution in [0, 0.1) is 0 Å². The minimum absolute atomic E-state index is 0.0374. The van der Waals surface area contributed by atoms with Gasteiger partial charge in [0.25, 0.3) is 0 Å². The number of hydrogen-bond donors (Lipinski definition) is 1. The van der Waals surface area contributed by atoms with Gasteiger partial charge in [-0.25, -0.2) is 0 Å². The minimum atomic E-state index is -0.0886. The highest BCUT2D eigenvalue weighted by atomic mass is 79.9. The van der Waals surface area contributed by atoms with Crippen LogP contribution in [0.3, 0.4) is 0 Å². The maximum Gasteiger partial charge on any atom is 0.220 e. The van der Waals surface area contributed by atoms with Gasteiger partial charge in [-0.2, -0.15) is 0 Å². The Morgan fingerprint density at radius 3 is 2.50 bits per heavy atom. The molecule has 128 valence electrons. The fourth-order valence-electron chi connectivity index (χ4n) is 2.27. The Kier molecular flexibility index (Phi) is 7.46. The van der Waals surface area contributed by atoms with Gasteiger partial charge in [0, 0.05) is 23.4 Å². The van der Waals surface area contributed by atoms with Crippen LogP contribution in [0.4, 0.5) is 0 Å². The molecule has 0 radical (unpaired) electrons. The molecule has 0 saturated carbocycles. The van der Waals surface area contributed by atoms with Gasteiger partial charge in [-0.15, -0.1) is 11.3 Å². The lowest BCUT2D eigenvalue weighted by Crippen LogP contribution is -2.33. The molecule has 1 N–H and O–H groups in total. The number of amides is 1. The molecule has 2 rings (SSSR count). The Hall–Kier alpha value is -1.17. The third kappa shape index (κ3) is 6.38. The molecule has 2 aromatic rings. The summed E-state index contributed by atoms with van der Waals surface area (Å²) in [6.07, 6.45) is 2.18. The Bertz CT molecular complexity index is 699. The van der Waals surface area contributed by atoms with E-state index in [1.165, 1.54) is 16.9 Å². The maximum absolute atomic E-state index is 12.0. The second-order valence-electron chi connectivity index (χ2n) is 5.66. The number of thiophene rings is 1. The molecule has 0 fully saturated rings. The molecule has 3 nitrogen and oxygen atoms in total. The molecule has 0 bridgehead atoms. The van der Waals surface area contributed by atoms with E-state index in [0.717, 1.165) is 17.3 Å². The van der Waals surface area contributed by atoms with E-state index in [0.29, 0.717) is 9.21 Å². The first kappa shape index (κ1) is 19.2. The molecule has 24 heavy (non-hydrogen) atoms. The van der Waals surface area contributed by atoms with Crippen molar-refractivity contribution in [1.82, 2.24) is 5.32 Å². The molecule has 1 unspecified atom stereocenters. The summed E-state index contributed by atoms with van der Waals surface area (Å²) in [7, 11) is 0. The number of carbonyl (C=O) groups excluding carboxylic acids is 2. The number of aryl methyl sites for hydroxylation is 1. The Morgan fingerprint density at radius 2 is 1.88 bits per heavy atom. The van der Waals surface area contributed by atoms with Crippen LogP contribution >= 0.6 is 38.9 Å². The fourth-order valence-corrected chi connectivity index (χ4v) is 3.54. The predicted octanol–water partition coefficient (Wildman–Crippen LogP) is 5.26. The summed E-state index contributed by atoms with van der Waals surface area (Å²) in [6.45, 7) is 1.98. The molecule has 0 aliphatic carbocycles. The van der Waals surface area contributed by atoms with Crippen LogP contribution in [0.2, 0.25) is 4.34 Å². The van der Waals surface area contributed by atoms with Gasteiger partial charge < -0.3 is 5.32 Å². The highest BCUT2D eigenvalue weighted by Gasteiger charge is 2.13. The summed E-state index contributed by atoms with van der Waals surface area (Å²) in [5.74, 6) is -0.126. The van der Waals surface area contributed by atoms with Crippen molar-refractivity contribution in [2.45, 2.75) is 38.6 Å². The van der Waals surface area contributed by atoms with Crippen LogP contribution in [-0.2, 0) is 11.2 Å². The lowest BCUT2D eigenvalue weighted by molar-refractivity contribution is -0.121. The van der Waals surface area contributed by atoms with Gasteiger partial charge >= 0.3 is 0 Å². The molecular weight excluding hydrogens is 410 g/mol. The summed E-state index contributed by atoms with van der Waals surface area (Å²) in [6, 6.07) is 11.7. The van der Waals surface area contributed by atoms with Crippen LogP contribution < -0.4 is 5.32 Å². The largest absolute Gasteiger partial charge is 0.354 e. The average Bonchev–Trinajstić information content (AvgIpc) is 2.98. The summed E-state index contributed by atoms with van der Waals surface area (Å²) in [5, 5.41) is 2.95. The van der Waals surface area contributed by atoms with Crippen LogP contribution in [-0.4, -0.2) is 17.7 Å². The monoisotopic (exact) mass is 427 g/mol. The van der Waals surface area contributed by atoms with E-state index in [-0.39, 0.29) is 30.6 Å². The smallest absolute Gasteiger partial charge is 0.220 e. The molecule has 1 aromatic heterocycles. The van der Waals surface area contributed by atoms with Gasteiger partial charge in [-0.1, -0.05) is 39.7 Å². The lowest BCUT2D eigenvalue weighted by atomic mass is 10.1. The third-order valence-electron chi connectivity index (χ3n) is 3.61. The standard InChI is InChI=1S/C18H19BrClNO2S/c1-12(2-3-13-4-6-14(19)7-5-13)21-18(23)11-8-15(22)16-9-10-17(20)24-16/h4-7,9-10,12H,2-3,8,11H2,1H3,(H,21,23). The van der Waals surface area contributed by atoms with Crippen LogP contribution in [0.25, 0.3) is 0 Å². The van der Waals surface area contributed by atoms with Crippen molar-refractivity contribution in [2.24, 2.45) is 0 Å². The topological polar surface area (TPSA) is 46.2 Å². The number of benzene rings is 1. The number of carbonyl (C=O) groups is 2. The molecule has 0 aliphatic heterocycles. The number of hydrogen-bond acceptors (Lipinski definition) is 3. The van der Waals surface area contributed by atoms with Gasteiger partial charge in [-0.3, -0.25) is 9.59 Å². The van der Waals surface area contributed by atoms with Gasteiger partial charge in [0.05, 0.1) is 9.21 Å². The highest BCUT2D eigenvalue weighted by molar-refractivity contribution is 9.10. The SMILES string of the molecule is CC(CCc1ccc(Br)cc1)NC(=O)CCC(=O)c1ccc(Cl)s1. The van der Waals surface area contributed by atoms with Crippen molar-refractivity contribution in [3.05, 3.63) is 55.6 Å². The van der Waals surface area contributed by atoms with Crippen molar-refractivity contribution >= 4 is 50.6 Å². The first-order valence-corrected chi connectivity index (χ1v) is 9.75. The first-order chi connectivity index (χ1) is 11.4. The second kappa shape index (κ2) is 9.35. The molecule has 0 spiro atoms. The molecule has 1 aromatic carbocycles. The Labute approximate surface area is 159 Å². The summed E-state index contributed by atoms with van der Waals surface area (Å²) >= 11 is 10.5.